The van der Waals surface area contributed by atoms with Crippen molar-refractivity contribution in [3.05, 3.63) is 77.3 Å². The van der Waals surface area contributed by atoms with Crippen molar-refractivity contribution in [2.75, 3.05) is 7.05 Å². The van der Waals surface area contributed by atoms with Gasteiger partial charge in [-0.25, -0.2) is 13.8 Å². The van der Waals surface area contributed by atoms with Crippen LogP contribution in [0.1, 0.15) is 30.0 Å². The van der Waals surface area contributed by atoms with Gasteiger partial charge in [-0.15, -0.1) is 0 Å². The largest absolute Gasteiger partial charge is 0.439 e. The van der Waals surface area contributed by atoms with E-state index < -0.39 is 11.6 Å². The monoisotopic (exact) mass is 384 g/mol. The Bertz CT molecular complexity index is 967. The van der Waals surface area contributed by atoms with Gasteiger partial charge in [0.1, 0.15) is 0 Å². The lowest BCUT2D eigenvalue weighted by Gasteiger charge is -2.18. The van der Waals surface area contributed by atoms with Crippen LogP contribution >= 0.6 is 0 Å². The predicted molar refractivity (Wildman–Crippen MR) is 105 cm³/mol. The smallest absolute Gasteiger partial charge is 0.214 e. The Balaban J connectivity index is 1.59. The van der Waals surface area contributed by atoms with Crippen molar-refractivity contribution in [3.8, 4) is 11.3 Å². The van der Waals surface area contributed by atoms with E-state index in [1.54, 1.807) is 13.2 Å². The number of aryl methyl sites for hydroxylation is 1. The Morgan fingerprint density at radius 2 is 1.89 bits per heavy atom. The number of aliphatic imine (C=N–C) groups is 1. The first-order valence-electron chi connectivity index (χ1n) is 8.90. The van der Waals surface area contributed by atoms with Gasteiger partial charge in [0.2, 0.25) is 5.89 Å². The van der Waals surface area contributed by atoms with Crippen LogP contribution in [0, 0.1) is 18.6 Å². The van der Waals surface area contributed by atoms with Gasteiger partial charge in [-0.1, -0.05) is 35.9 Å². The minimum atomic E-state index is -0.877. The molecule has 1 heterocycles. The summed E-state index contributed by atoms with van der Waals surface area (Å²) in [5.74, 6) is -0.0505. The van der Waals surface area contributed by atoms with Crippen LogP contribution in [-0.4, -0.2) is 18.0 Å². The van der Waals surface area contributed by atoms with Gasteiger partial charge in [-0.05, 0) is 31.5 Å². The molecule has 0 saturated heterocycles. The van der Waals surface area contributed by atoms with Crippen LogP contribution in [0.15, 0.2) is 58.1 Å². The van der Waals surface area contributed by atoms with Gasteiger partial charge in [-0.2, -0.15) is 0 Å². The van der Waals surface area contributed by atoms with Crippen molar-refractivity contribution >= 4 is 5.96 Å². The van der Waals surface area contributed by atoms with E-state index in [9.17, 15) is 8.78 Å². The zero-order chi connectivity index (χ0) is 20.1. The van der Waals surface area contributed by atoms with E-state index in [4.69, 9.17) is 4.42 Å². The molecule has 28 heavy (non-hydrogen) atoms. The third kappa shape index (κ3) is 4.73. The minimum absolute atomic E-state index is 0.269. The van der Waals surface area contributed by atoms with E-state index in [-0.39, 0.29) is 6.04 Å². The highest BCUT2D eigenvalue weighted by Gasteiger charge is 2.12. The lowest BCUT2D eigenvalue weighted by molar-refractivity contribution is 0.495. The summed E-state index contributed by atoms with van der Waals surface area (Å²) in [6.45, 7) is 4.19. The molecule has 0 fully saturated rings. The van der Waals surface area contributed by atoms with Crippen LogP contribution < -0.4 is 10.6 Å². The van der Waals surface area contributed by atoms with Crippen molar-refractivity contribution < 1.29 is 13.2 Å². The fraction of sp³-hybridized carbons (Fsp3) is 0.238. The van der Waals surface area contributed by atoms with Crippen molar-refractivity contribution in [1.82, 2.24) is 15.6 Å². The molecular formula is C21H22F2N4O. The van der Waals surface area contributed by atoms with E-state index in [0.717, 1.165) is 11.6 Å². The average Bonchev–Trinajstić information content (AvgIpc) is 3.16. The maximum atomic E-state index is 13.4. The number of nitrogens with zero attached hydrogens (tertiary/aromatic N) is 2. The SMILES string of the molecule is CN=C(NCc1ncc(-c2ccc(C)cc2)o1)NC(C)c1ccc(F)c(F)c1. The fourth-order valence-corrected chi connectivity index (χ4v) is 2.67. The van der Waals surface area contributed by atoms with Gasteiger partial charge in [0.15, 0.2) is 23.4 Å². The quantitative estimate of drug-likeness (QED) is 0.507. The zero-order valence-electron chi connectivity index (χ0n) is 16.0. The average molecular weight is 384 g/mol. The Labute approximate surface area is 162 Å². The standard InChI is InChI=1S/C21H22F2N4O/c1-13-4-6-15(7-5-13)19-11-25-20(28-19)12-26-21(24-3)27-14(2)16-8-9-17(22)18(23)10-16/h4-11,14H,12H2,1-3H3,(H2,24,26,27). The number of hydrogen-bond acceptors (Lipinski definition) is 3. The third-order valence-electron chi connectivity index (χ3n) is 4.32. The van der Waals surface area contributed by atoms with Gasteiger partial charge in [-0.3, -0.25) is 4.99 Å². The molecule has 3 rings (SSSR count). The Morgan fingerprint density at radius 1 is 1.14 bits per heavy atom. The highest BCUT2D eigenvalue weighted by atomic mass is 19.2. The first kappa shape index (κ1) is 19.5. The number of halogens is 2. The maximum Gasteiger partial charge on any atom is 0.214 e. The highest BCUT2D eigenvalue weighted by molar-refractivity contribution is 5.80. The molecular weight excluding hydrogens is 362 g/mol. The minimum Gasteiger partial charge on any atom is -0.439 e. The van der Waals surface area contributed by atoms with Crippen LogP contribution in [0.5, 0.6) is 0 Å². The molecule has 0 saturated carbocycles. The molecule has 5 nitrogen and oxygen atoms in total. The first-order valence-corrected chi connectivity index (χ1v) is 8.90. The molecule has 0 spiro atoms. The summed E-state index contributed by atoms with van der Waals surface area (Å²) in [6.07, 6.45) is 1.68. The number of benzene rings is 2. The fourth-order valence-electron chi connectivity index (χ4n) is 2.67. The van der Waals surface area contributed by atoms with Gasteiger partial charge in [0.05, 0.1) is 18.8 Å². The number of oxazole rings is 1. The number of nitrogens with one attached hydrogen (secondary N) is 2. The van der Waals surface area contributed by atoms with E-state index in [2.05, 4.69) is 20.6 Å². The maximum absolute atomic E-state index is 13.4. The summed E-state index contributed by atoms with van der Waals surface area (Å²) >= 11 is 0. The third-order valence-corrected chi connectivity index (χ3v) is 4.32. The van der Waals surface area contributed by atoms with Crippen molar-refractivity contribution in [2.24, 2.45) is 4.99 Å². The molecule has 2 N–H and O–H groups in total. The van der Waals surface area contributed by atoms with E-state index >= 15 is 0 Å². The molecule has 146 valence electrons. The molecule has 1 atom stereocenters. The van der Waals surface area contributed by atoms with Gasteiger partial charge in [0.25, 0.3) is 0 Å². The molecule has 3 aromatic rings. The van der Waals surface area contributed by atoms with Crippen LogP contribution in [0.25, 0.3) is 11.3 Å². The summed E-state index contributed by atoms with van der Waals surface area (Å²) in [4.78, 5) is 8.42. The molecule has 1 unspecified atom stereocenters. The second-order valence-electron chi connectivity index (χ2n) is 6.45. The molecule has 0 radical (unpaired) electrons. The van der Waals surface area contributed by atoms with Crippen molar-refractivity contribution in [1.29, 1.82) is 0 Å². The second kappa shape index (κ2) is 8.65. The van der Waals surface area contributed by atoms with Crippen LogP contribution in [-0.2, 0) is 6.54 Å². The van der Waals surface area contributed by atoms with Gasteiger partial charge >= 0.3 is 0 Å². The van der Waals surface area contributed by atoms with Crippen molar-refractivity contribution in [2.45, 2.75) is 26.4 Å². The summed E-state index contributed by atoms with van der Waals surface area (Å²) in [5.41, 5.74) is 2.74. The molecule has 0 aliphatic carbocycles. The highest BCUT2D eigenvalue weighted by Crippen LogP contribution is 2.20. The second-order valence-corrected chi connectivity index (χ2v) is 6.45. The lowest BCUT2D eigenvalue weighted by atomic mass is 10.1. The summed E-state index contributed by atoms with van der Waals surface area (Å²) in [7, 11) is 1.63. The van der Waals surface area contributed by atoms with E-state index in [1.165, 1.54) is 17.7 Å². The Hall–Kier alpha value is -3.22. The number of rotatable bonds is 5. The normalized spacial score (nSPS) is 12.7. The molecule has 2 aromatic carbocycles. The number of hydrogen-bond donors (Lipinski definition) is 2. The van der Waals surface area contributed by atoms with Crippen LogP contribution in [0.3, 0.4) is 0 Å². The Morgan fingerprint density at radius 3 is 2.57 bits per heavy atom. The predicted octanol–water partition coefficient (Wildman–Crippen LogP) is 4.35. The zero-order valence-corrected chi connectivity index (χ0v) is 16.0. The van der Waals surface area contributed by atoms with Gasteiger partial charge in [0, 0.05) is 12.6 Å². The summed E-state index contributed by atoms with van der Waals surface area (Å²) < 4.78 is 32.3. The molecule has 0 aliphatic heterocycles. The molecule has 0 aliphatic rings. The molecule has 7 heteroatoms. The molecule has 1 aromatic heterocycles. The Kier molecular flexibility index (Phi) is 6.03. The van der Waals surface area contributed by atoms with E-state index in [1.807, 2.05) is 38.1 Å². The van der Waals surface area contributed by atoms with Crippen LogP contribution in [0.2, 0.25) is 0 Å². The summed E-state index contributed by atoms with van der Waals surface area (Å²) in [5, 5.41) is 6.23. The molecule has 0 bridgehead atoms. The summed E-state index contributed by atoms with van der Waals surface area (Å²) in [6, 6.07) is 11.5. The topological polar surface area (TPSA) is 62.5 Å². The number of guanidine groups is 1. The van der Waals surface area contributed by atoms with E-state index in [0.29, 0.717) is 29.7 Å². The lowest BCUT2D eigenvalue weighted by Crippen LogP contribution is -2.38. The van der Waals surface area contributed by atoms with Gasteiger partial charge < -0.3 is 15.1 Å². The first-order chi connectivity index (χ1) is 13.5. The van der Waals surface area contributed by atoms with Crippen molar-refractivity contribution in [3.63, 3.8) is 0 Å². The number of aromatic nitrogens is 1. The van der Waals surface area contributed by atoms with Crippen LogP contribution in [0.4, 0.5) is 8.78 Å². The molecule has 0 amide bonds.